The smallest absolute Gasteiger partial charge is 0.271 e. The number of phenols is 1. The van der Waals surface area contributed by atoms with Crippen LogP contribution in [0.25, 0.3) is 0 Å². The molecule has 2 N–H and O–H groups in total. The van der Waals surface area contributed by atoms with Crippen molar-refractivity contribution in [1.82, 2.24) is 4.57 Å². The molecule has 0 fully saturated rings. The van der Waals surface area contributed by atoms with Crippen LogP contribution in [0.2, 0.25) is 0 Å². The van der Waals surface area contributed by atoms with Crippen LogP contribution >= 0.6 is 0 Å². The minimum absolute atomic E-state index is 0.00268. The Balaban J connectivity index is 2.14. The SMILES string of the molecule is Cc1ccc(O)c(N=Cc2c(C)c(C#N)c(=O)n(Cc3ccccc3)c2O)c1. The maximum absolute atomic E-state index is 12.7. The van der Waals surface area contributed by atoms with Gasteiger partial charge in [0.05, 0.1) is 12.1 Å². The van der Waals surface area contributed by atoms with Crippen LogP contribution in [0, 0.1) is 25.2 Å². The Morgan fingerprint density at radius 1 is 1.14 bits per heavy atom. The van der Waals surface area contributed by atoms with Crippen molar-refractivity contribution < 1.29 is 10.2 Å². The third-order valence-electron chi connectivity index (χ3n) is 4.49. The van der Waals surface area contributed by atoms with E-state index in [2.05, 4.69) is 4.99 Å². The lowest BCUT2D eigenvalue weighted by Crippen LogP contribution is -2.25. The number of aromatic nitrogens is 1. The van der Waals surface area contributed by atoms with E-state index in [1.165, 1.54) is 12.3 Å². The second-order valence-electron chi connectivity index (χ2n) is 6.48. The number of aromatic hydroxyl groups is 2. The topological polar surface area (TPSA) is 98.6 Å². The van der Waals surface area contributed by atoms with Crippen molar-refractivity contribution in [3.63, 3.8) is 0 Å². The summed E-state index contributed by atoms with van der Waals surface area (Å²) in [5.74, 6) is -0.279. The van der Waals surface area contributed by atoms with Gasteiger partial charge in [0.15, 0.2) is 0 Å². The Morgan fingerprint density at radius 2 is 1.86 bits per heavy atom. The number of aryl methyl sites for hydroxylation is 1. The number of nitriles is 1. The van der Waals surface area contributed by atoms with E-state index in [0.29, 0.717) is 11.3 Å². The Labute approximate surface area is 162 Å². The molecule has 0 saturated heterocycles. The quantitative estimate of drug-likeness (QED) is 0.683. The molecule has 0 spiro atoms. The average Bonchev–Trinajstić information content (AvgIpc) is 2.69. The molecule has 3 rings (SSSR count). The van der Waals surface area contributed by atoms with E-state index in [1.807, 2.05) is 43.3 Å². The molecule has 0 radical (unpaired) electrons. The van der Waals surface area contributed by atoms with Gasteiger partial charge in [-0.15, -0.1) is 0 Å². The molecule has 6 heteroatoms. The molecule has 0 unspecified atom stereocenters. The van der Waals surface area contributed by atoms with E-state index in [0.717, 1.165) is 15.7 Å². The molecule has 6 nitrogen and oxygen atoms in total. The molecule has 0 aliphatic carbocycles. The highest BCUT2D eigenvalue weighted by Crippen LogP contribution is 2.28. The Kier molecular flexibility index (Phi) is 5.28. The van der Waals surface area contributed by atoms with Crippen molar-refractivity contribution in [3.8, 4) is 17.7 Å². The Hall–Kier alpha value is -3.85. The predicted molar refractivity (Wildman–Crippen MR) is 107 cm³/mol. The zero-order valence-corrected chi connectivity index (χ0v) is 15.5. The molecular formula is C22H19N3O3. The van der Waals surface area contributed by atoms with Crippen molar-refractivity contribution in [3.05, 3.63) is 86.7 Å². The fraction of sp³-hybridized carbons (Fsp3) is 0.136. The molecule has 140 valence electrons. The second-order valence-corrected chi connectivity index (χ2v) is 6.48. The fourth-order valence-corrected chi connectivity index (χ4v) is 2.91. The number of aliphatic imine (C=N–C) groups is 1. The van der Waals surface area contributed by atoms with Crippen LogP contribution in [0.15, 0.2) is 58.3 Å². The first-order chi connectivity index (χ1) is 13.4. The minimum Gasteiger partial charge on any atom is -0.506 e. The lowest BCUT2D eigenvalue weighted by atomic mass is 10.1. The molecule has 0 atom stereocenters. The van der Waals surface area contributed by atoms with Gasteiger partial charge in [-0.3, -0.25) is 14.4 Å². The summed E-state index contributed by atoms with van der Waals surface area (Å²) in [7, 11) is 0. The lowest BCUT2D eigenvalue weighted by Gasteiger charge is -2.14. The van der Waals surface area contributed by atoms with E-state index in [4.69, 9.17) is 0 Å². The number of pyridine rings is 1. The van der Waals surface area contributed by atoms with Crippen molar-refractivity contribution >= 4 is 11.9 Å². The fourth-order valence-electron chi connectivity index (χ4n) is 2.91. The predicted octanol–water partition coefficient (Wildman–Crippen LogP) is 3.55. The standard InChI is InChI=1S/C22H19N3O3/c1-14-8-9-20(26)19(10-14)24-12-18-15(2)17(11-23)21(27)25(22(18)28)13-16-6-4-3-5-7-16/h3-10,12,26,28H,13H2,1-2H3. The van der Waals surface area contributed by atoms with Crippen LogP contribution in [0.5, 0.6) is 11.6 Å². The second kappa shape index (κ2) is 7.80. The molecule has 0 aliphatic rings. The highest BCUT2D eigenvalue weighted by atomic mass is 16.3. The number of phenolic OH excluding ortho intramolecular Hbond substituents is 1. The van der Waals surface area contributed by atoms with Crippen molar-refractivity contribution in [2.24, 2.45) is 4.99 Å². The van der Waals surface area contributed by atoms with Gasteiger partial charge in [0.2, 0.25) is 5.88 Å². The number of benzene rings is 2. The van der Waals surface area contributed by atoms with Crippen LogP contribution in [-0.2, 0) is 6.54 Å². The maximum Gasteiger partial charge on any atom is 0.271 e. The lowest BCUT2D eigenvalue weighted by molar-refractivity contribution is 0.413. The molecule has 28 heavy (non-hydrogen) atoms. The number of nitrogens with zero attached hydrogens (tertiary/aromatic N) is 3. The van der Waals surface area contributed by atoms with E-state index >= 15 is 0 Å². The molecule has 1 heterocycles. The summed E-state index contributed by atoms with van der Waals surface area (Å²) >= 11 is 0. The molecule has 3 aromatic rings. The van der Waals surface area contributed by atoms with Crippen LogP contribution in [0.1, 0.15) is 27.8 Å². The van der Waals surface area contributed by atoms with Gasteiger partial charge in [-0.1, -0.05) is 36.4 Å². The van der Waals surface area contributed by atoms with Gasteiger partial charge in [-0.05, 0) is 42.7 Å². The maximum atomic E-state index is 12.7. The Bertz CT molecular complexity index is 1160. The van der Waals surface area contributed by atoms with Crippen LogP contribution in [-0.4, -0.2) is 21.0 Å². The van der Waals surface area contributed by atoms with Crippen LogP contribution in [0.3, 0.4) is 0 Å². The largest absolute Gasteiger partial charge is 0.506 e. The summed E-state index contributed by atoms with van der Waals surface area (Å²) in [5.41, 5.74) is 2.04. The number of rotatable bonds is 4. The summed E-state index contributed by atoms with van der Waals surface area (Å²) < 4.78 is 1.15. The van der Waals surface area contributed by atoms with Gasteiger partial charge in [0.25, 0.3) is 5.56 Å². The van der Waals surface area contributed by atoms with Gasteiger partial charge >= 0.3 is 0 Å². The number of hydrogen-bond donors (Lipinski definition) is 2. The van der Waals surface area contributed by atoms with E-state index in [-0.39, 0.29) is 29.3 Å². The average molecular weight is 373 g/mol. The molecule has 0 saturated carbocycles. The number of hydrogen-bond acceptors (Lipinski definition) is 5. The minimum atomic E-state index is -0.558. The third kappa shape index (κ3) is 3.64. The Morgan fingerprint density at radius 3 is 2.54 bits per heavy atom. The van der Waals surface area contributed by atoms with Gasteiger partial charge in [-0.2, -0.15) is 5.26 Å². The van der Waals surface area contributed by atoms with Crippen molar-refractivity contribution in [1.29, 1.82) is 5.26 Å². The third-order valence-corrected chi connectivity index (χ3v) is 4.49. The van der Waals surface area contributed by atoms with Gasteiger partial charge < -0.3 is 10.2 Å². The van der Waals surface area contributed by atoms with Gasteiger partial charge in [0, 0.05) is 6.21 Å². The van der Waals surface area contributed by atoms with E-state index in [1.54, 1.807) is 19.1 Å². The van der Waals surface area contributed by atoms with Crippen LogP contribution in [0.4, 0.5) is 5.69 Å². The summed E-state index contributed by atoms with van der Waals surface area (Å²) in [6.45, 7) is 3.58. The van der Waals surface area contributed by atoms with Crippen molar-refractivity contribution in [2.45, 2.75) is 20.4 Å². The zero-order chi connectivity index (χ0) is 20.3. The summed E-state index contributed by atoms with van der Waals surface area (Å²) in [5, 5.41) is 30.1. The first kappa shape index (κ1) is 18.9. The van der Waals surface area contributed by atoms with Gasteiger partial charge in [0.1, 0.15) is 23.1 Å². The molecule has 0 bridgehead atoms. The monoisotopic (exact) mass is 373 g/mol. The first-order valence-corrected chi connectivity index (χ1v) is 8.66. The summed E-state index contributed by atoms with van der Waals surface area (Å²) in [4.78, 5) is 16.9. The molecule has 0 aliphatic heterocycles. The van der Waals surface area contributed by atoms with Crippen molar-refractivity contribution in [2.75, 3.05) is 0 Å². The molecular weight excluding hydrogens is 354 g/mol. The summed E-state index contributed by atoms with van der Waals surface area (Å²) in [6, 6.07) is 16.1. The normalized spacial score (nSPS) is 10.9. The molecule has 2 aromatic carbocycles. The highest BCUT2D eigenvalue weighted by molar-refractivity contribution is 5.88. The molecule has 1 aromatic heterocycles. The summed E-state index contributed by atoms with van der Waals surface area (Å²) in [6.07, 6.45) is 1.36. The molecule has 0 amide bonds. The van der Waals surface area contributed by atoms with Crippen LogP contribution < -0.4 is 5.56 Å². The first-order valence-electron chi connectivity index (χ1n) is 8.66. The zero-order valence-electron chi connectivity index (χ0n) is 15.5. The van der Waals surface area contributed by atoms with Gasteiger partial charge in [-0.25, -0.2) is 0 Å². The van der Waals surface area contributed by atoms with E-state index < -0.39 is 5.56 Å². The van der Waals surface area contributed by atoms with E-state index in [9.17, 15) is 20.3 Å². The highest BCUT2D eigenvalue weighted by Gasteiger charge is 2.18.